The molecule has 114 valence electrons. The predicted molar refractivity (Wildman–Crippen MR) is 88.5 cm³/mol. The van der Waals surface area contributed by atoms with Crippen LogP contribution < -0.4 is 10.2 Å². The quantitative estimate of drug-likeness (QED) is 0.827. The van der Waals surface area contributed by atoms with Gasteiger partial charge in [-0.15, -0.1) is 11.3 Å². The number of hydrogen-bond acceptors (Lipinski definition) is 4. The van der Waals surface area contributed by atoms with Crippen molar-refractivity contribution in [2.45, 2.75) is 53.5 Å². The van der Waals surface area contributed by atoms with Gasteiger partial charge in [-0.3, -0.25) is 0 Å². The average molecular weight is 295 g/mol. The molecule has 0 aromatic carbocycles. The maximum Gasteiger partial charge on any atom is 0.185 e. The molecule has 0 aliphatic carbocycles. The minimum absolute atomic E-state index is 0.529. The zero-order valence-electron chi connectivity index (χ0n) is 13.4. The Bertz CT molecular complexity index is 410. The molecule has 1 aromatic rings. The fourth-order valence-corrected chi connectivity index (χ4v) is 3.84. The number of hydrogen-bond donors (Lipinski definition) is 1. The summed E-state index contributed by atoms with van der Waals surface area (Å²) in [6.45, 7) is 13.5. The van der Waals surface area contributed by atoms with Crippen LogP contribution in [0.2, 0.25) is 0 Å². The summed E-state index contributed by atoms with van der Waals surface area (Å²) in [5, 5.41) is 4.71. The molecule has 2 heterocycles. The molecular formula is C16H29N3S. The fourth-order valence-electron chi connectivity index (χ4n) is 2.93. The summed E-state index contributed by atoms with van der Waals surface area (Å²) in [4.78, 5) is 8.48. The van der Waals surface area contributed by atoms with Crippen LogP contribution in [0.3, 0.4) is 0 Å². The van der Waals surface area contributed by atoms with E-state index in [2.05, 4.69) is 42.9 Å². The number of anilines is 1. The van der Waals surface area contributed by atoms with Crippen molar-refractivity contribution < 1.29 is 0 Å². The molecule has 0 saturated carbocycles. The lowest BCUT2D eigenvalue weighted by atomic mass is 9.82. The molecule has 3 nitrogen and oxygen atoms in total. The SMILES string of the molecule is CCC1(CC)CCN(c2ncc(CNCC(C)C)s2)C1. The van der Waals surface area contributed by atoms with Gasteiger partial charge in [0.05, 0.1) is 0 Å². The Morgan fingerprint density at radius 1 is 1.40 bits per heavy atom. The van der Waals surface area contributed by atoms with E-state index in [4.69, 9.17) is 0 Å². The summed E-state index contributed by atoms with van der Waals surface area (Å²) in [7, 11) is 0. The first-order valence-corrected chi connectivity index (χ1v) is 8.80. The van der Waals surface area contributed by atoms with Crippen molar-refractivity contribution in [2.75, 3.05) is 24.5 Å². The van der Waals surface area contributed by atoms with Gasteiger partial charge >= 0.3 is 0 Å². The molecule has 1 saturated heterocycles. The first kappa shape index (κ1) is 15.8. The molecule has 1 N–H and O–H groups in total. The van der Waals surface area contributed by atoms with Crippen LogP contribution in [0.4, 0.5) is 5.13 Å². The Morgan fingerprint density at radius 3 is 2.75 bits per heavy atom. The van der Waals surface area contributed by atoms with Crippen LogP contribution in [0.15, 0.2) is 6.20 Å². The van der Waals surface area contributed by atoms with Crippen molar-refractivity contribution in [1.82, 2.24) is 10.3 Å². The number of rotatable bonds is 7. The molecule has 4 heteroatoms. The second kappa shape index (κ2) is 6.90. The molecule has 1 aliphatic heterocycles. The lowest BCUT2D eigenvalue weighted by Gasteiger charge is -2.26. The summed E-state index contributed by atoms with van der Waals surface area (Å²) in [6, 6.07) is 0. The first-order chi connectivity index (χ1) is 9.58. The molecule has 0 amide bonds. The molecule has 0 spiro atoms. The maximum atomic E-state index is 4.63. The average Bonchev–Trinajstić information content (AvgIpc) is 3.05. The zero-order chi connectivity index (χ0) is 14.6. The number of nitrogens with zero attached hydrogens (tertiary/aromatic N) is 2. The topological polar surface area (TPSA) is 28.2 Å². The standard InChI is InChI=1S/C16H29N3S/c1-5-16(6-2)7-8-19(12-16)15-18-11-14(20-15)10-17-9-13(3)4/h11,13,17H,5-10,12H2,1-4H3. The largest absolute Gasteiger partial charge is 0.348 e. The Labute approximate surface area is 127 Å². The third-order valence-electron chi connectivity index (χ3n) is 4.60. The Morgan fingerprint density at radius 2 is 2.15 bits per heavy atom. The summed E-state index contributed by atoms with van der Waals surface area (Å²) >= 11 is 1.86. The Balaban J connectivity index is 1.90. The molecule has 0 atom stereocenters. The molecule has 1 fully saturated rings. The van der Waals surface area contributed by atoms with Crippen molar-refractivity contribution in [1.29, 1.82) is 0 Å². The van der Waals surface area contributed by atoms with E-state index >= 15 is 0 Å². The summed E-state index contributed by atoms with van der Waals surface area (Å²) in [5.74, 6) is 0.704. The van der Waals surface area contributed by atoms with Crippen molar-refractivity contribution in [3.05, 3.63) is 11.1 Å². The van der Waals surface area contributed by atoms with Crippen molar-refractivity contribution in [3.8, 4) is 0 Å². The second-order valence-corrected chi connectivity index (χ2v) is 7.61. The molecule has 0 radical (unpaired) electrons. The summed E-state index contributed by atoms with van der Waals surface area (Å²) in [6.07, 6.45) is 5.94. The highest BCUT2D eigenvalue weighted by Crippen LogP contribution is 2.39. The van der Waals surface area contributed by atoms with E-state index in [9.17, 15) is 0 Å². The van der Waals surface area contributed by atoms with E-state index in [-0.39, 0.29) is 0 Å². The molecule has 2 rings (SSSR count). The van der Waals surface area contributed by atoms with Crippen LogP contribution in [0.25, 0.3) is 0 Å². The van der Waals surface area contributed by atoms with Gasteiger partial charge < -0.3 is 10.2 Å². The van der Waals surface area contributed by atoms with Gasteiger partial charge in [-0.1, -0.05) is 27.7 Å². The van der Waals surface area contributed by atoms with Crippen LogP contribution >= 0.6 is 11.3 Å². The molecule has 1 aliphatic rings. The van der Waals surface area contributed by atoms with Gasteiger partial charge in [0.1, 0.15) is 0 Å². The predicted octanol–water partition coefficient (Wildman–Crippen LogP) is 3.91. The van der Waals surface area contributed by atoms with E-state index in [1.54, 1.807) is 0 Å². The van der Waals surface area contributed by atoms with E-state index < -0.39 is 0 Å². The number of thiazole rings is 1. The van der Waals surface area contributed by atoms with Gasteiger partial charge in [-0.25, -0.2) is 4.98 Å². The number of nitrogens with one attached hydrogen (secondary N) is 1. The van der Waals surface area contributed by atoms with Gasteiger partial charge in [0, 0.05) is 30.7 Å². The minimum Gasteiger partial charge on any atom is -0.348 e. The molecular weight excluding hydrogens is 266 g/mol. The van der Waals surface area contributed by atoms with Crippen LogP contribution in [-0.2, 0) is 6.54 Å². The van der Waals surface area contributed by atoms with E-state index in [1.807, 2.05) is 17.5 Å². The highest BCUT2D eigenvalue weighted by Gasteiger charge is 2.35. The smallest absolute Gasteiger partial charge is 0.185 e. The summed E-state index contributed by atoms with van der Waals surface area (Å²) < 4.78 is 0. The zero-order valence-corrected chi connectivity index (χ0v) is 14.2. The normalized spacial score (nSPS) is 18.1. The molecule has 0 bridgehead atoms. The lowest BCUT2D eigenvalue weighted by molar-refractivity contribution is 0.301. The molecule has 0 unspecified atom stereocenters. The van der Waals surface area contributed by atoms with E-state index in [0.29, 0.717) is 11.3 Å². The fraction of sp³-hybridized carbons (Fsp3) is 0.812. The van der Waals surface area contributed by atoms with Crippen molar-refractivity contribution in [3.63, 3.8) is 0 Å². The maximum absolute atomic E-state index is 4.63. The number of aromatic nitrogens is 1. The molecule has 1 aromatic heterocycles. The van der Waals surface area contributed by atoms with Crippen LogP contribution in [0, 0.1) is 11.3 Å². The third-order valence-corrected chi connectivity index (χ3v) is 5.66. The van der Waals surface area contributed by atoms with Crippen molar-refractivity contribution >= 4 is 16.5 Å². The molecule has 20 heavy (non-hydrogen) atoms. The van der Waals surface area contributed by atoms with Crippen molar-refractivity contribution in [2.24, 2.45) is 11.3 Å². The van der Waals surface area contributed by atoms with Gasteiger partial charge in [0.25, 0.3) is 0 Å². The van der Waals surface area contributed by atoms with Gasteiger partial charge in [0.15, 0.2) is 5.13 Å². The highest BCUT2D eigenvalue weighted by atomic mass is 32.1. The van der Waals surface area contributed by atoms with E-state index in [1.165, 1.54) is 42.4 Å². The second-order valence-electron chi connectivity index (χ2n) is 6.51. The highest BCUT2D eigenvalue weighted by molar-refractivity contribution is 7.15. The Kier molecular flexibility index (Phi) is 5.44. The van der Waals surface area contributed by atoms with Crippen LogP contribution in [-0.4, -0.2) is 24.6 Å². The van der Waals surface area contributed by atoms with Crippen LogP contribution in [0.5, 0.6) is 0 Å². The van der Waals surface area contributed by atoms with E-state index in [0.717, 1.165) is 13.1 Å². The summed E-state index contributed by atoms with van der Waals surface area (Å²) in [5.41, 5.74) is 0.529. The van der Waals surface area contributed by atoms with Gasteiger partial charge in [-0.05, 0) is 37.1 Å². The lowest BCUT2D eigenvalue weighted by Crippen LogP contribution is -2.25. The third kappa shape index (κ3) is 3.73. The van der Waals surface area contributed by atoms with Crippen LogP contribution in [0.1, 0.15) is 51.8 Å². The Hall–Kier alpha value is -0.610. The first-order valence-electron chi connectivity index (χ1n) is 7.99. The van der Waals surface area contributed by atoms with Gasteiger partial charge in [-0.2, -0.15) is 0 Å². The monoisotopic (exact) mass is 295 g/mol. The van der Waals surface area contributed by atoms with Gasteiger partial charge in [0.2, 0.25) is 0 Å². The minimum atomic E-state index is 0.529.